The van der Waals surface area contributed by atoms with Crippen molar-refractivity contribution in [2.45, 2.75) is 31.8 Å². The van der Waals surface area contributed by atoms with Crippen LogP contribution in [0.1, 0.15) is 41.7 Å². The van der Waals surface area contributed by atoms with E-state index in [1.807, 2.05) is 6.07 Å². The highest BCUT2D eigenvalue weighted by Crippen LogP contribution is 2.47. The second-order valence-corrected chi connectivity index (χ2v) is 7.73. The van der Waals surface area contributed by atoms with E-state index in [4.69, 9.17) is 21.8 Å². The average molecular weight is 325 g/mol. The molecule has 1 aliphatic rings. The molecule has 21 heavy (non-hydrogen) atoms. The van der Waals surface area contributed by atoms with E-state index in [0.717, 1.165) is 28.3 Å². The Hall–Kier alpha value is -0.810. The highest BCUT2D eigenvalue weighted by molar-refractivity contribution is 7.16. The minimum Gasteiger partial charge on any atom is -0.464 e. The first-order chi connectivity index (χ1) is 10.1. The molecule has 1 fully saturated rings. The number of rotatable bonds is 6. The van der Waals surface area contributed by atoms with Gasteiger partial charge in [0, 0.05) is 23.9 Å². The molecule has 3 rings (SSSR count). The topological polar surface area (TPSA) is 42.4 Å². The molecule has 3 atom stereocenters. The van der Waals surface area contributed by atoms with Crippen molar-refractivity contribution < 1.29 is 4.42 Å². The summed E-state index contributed by atoms with van der Waals surface area (Å²) in [6, 6.07) is 8.30. The molecule has 2 aromatic heterocycles. The summed E-state index contributed by atoms with van der Waals surface area (Å²) in [5, 5.41) is 0. The Labute approximate surface area is 134 Å². The van der Waals surface area contributed by atoms with E-state index < -0.39 is 0 Å². The highest BCUT2D eigenvalue weighted by atomic mass is 35.5. The Balaban J connectivity index is 1.70. The monoisotopic (exact) mass is 324 g/mol. The number of nitrogens with two attached hydrogens (primary N) is 1. The van der Waals surface area contributed by atoms with Crippen LogP contribution in [0.2, 0.25) is 4.34 Å². The first kappa shape index (κ1) is 15.1. The Morgan fingerprint density at radius 1 is 1.43 bits per heavy atom. The van der Waals surface area contributed by atoms with E-state index in [2.05, 4.69) is 37.1 Å². The summed E-state index contributed by atoms with van der Waals surface area (Å²) in [6.45, 7) is 3.64. The largest absolute Gasteiger partial charge is 0.464 e. The SMILES string of the molecule is CC1CC1c1ccc(C(CN)N(C)Cc2ccc(Cl)s2)o1. The van der Waals surface area contributed by atoms with Crippen LogP contribution in [0.4, 0.5) is 0 Å². The number of likely N-dealkylation sites (N-methyl/N-ethyl adjacent to an activating group) is 1. The van der Waals surface area contributed by atoms with Gasteiger partial charge in [0.2, 0.25) is 0 Å². The lowest BCUT2D eigenvalue weighted by Gasteiger charge is -2.24. The summed E-state index contributed by atoms with van der Waals surface area (Å²) in [4.78, 5) is 3.46. The van der Waals surface area contributed by atoms with Crippen LogP contribution in [-0.2, 0) is 6.54 Å². The standard InChI is InChI=1S/C16H21ClN2OS/c1-10-7-12(10)14-4-5-15(20-14)13(8-18)19(2)9-11-3-6-16(17)21-11/h3-6,10,12-13H,7-9,18H2,1-2H3. The number of halogens is 1. The van der Waals surface area contributed by atoms with Gasteiger partial charge in [0.1, 0.15) is 11.5 Å². The minimum absolute atomic E-state index is 0.105. The molecule has 2 N–H and O–H groups in total. The minimum atomic E-state index is 0.105. The third kappa shape index (κ3) is 3.34. The third-order valence-corrected chi connectivity index (χ3v) is 5.46. The number of hydrogen-bond donors (Lipinski definition) is 1. The molecule has 3 unspecified atom stereocenters. The van der Waals surface area contributed by atoms with E-state index in [1.165, 1.54) is 11.3 Å². The van der Waals surface area contributed by atoms with Crippen molar-refractivity contribution >= 4 is 22.9 Å². The Morgan fingerprint density at radius 2 is 2.19 bits per heavy atom. The zero-order valence-corrected chi connectivity index (χ0v) is 14.0. The quantitative estimate of drug-likeness (QED) is 0.863. The fourth-order valence-electron chi connectivity index (χ4n) is 2.77. The number of furan rings is 1. The molecule has 0 spiro atoms. The molecular formula is C16H21ClN2OS. The number of thiophene rings is 1. The predicted octanol–water partition coefficient (Wildman–Crippen LogP) is 4.25. The van der Waals surface area contributed by atoms with Crippen LogP contribution in [0.25, 0.3) is 0 Å². The summed E-state index contributed by atoms with van der Waals surface area (Å²) in [6.07, 6.45) is 1.24. The zero-order valence-electron chi connectivity index (χ0n) is 12.4. The van der Waals surface area contributed by atoms with E-state index in [0.29, 0.717) is 12.5 Å². The van der Waals surface area contributed by atoms with Crippen LogP contribution < -0.4 is 5.73 Å². The van der Waals surface area contributed by atoms with Gasteiger partial charge >= 0.3 is 0 Å². The van der Waals surface area contributed by atoms with Crippen molar-refractivity contribution in [1.29, 1.82) is 0 Å². The van der Waals surface area contributed by atoms with Crippen molar-refractivity contribution in [2.75, 3.05) is 13.6 Å². The van der Waals surface area contributed by atoms with Gasteiger partial charge in [0.25, 0.3) is 0 Å². The van der Waals surface area contributed by atoms with Crippen molar-refractivity contribution in [1.82, 2.24) is 4.90 Å². The maximum atomic E-state index is 6.05. The molecule has 0 bridgehead atoms. The van der Waals surface area contributed by atoms with Crippen LogP contribution in [0.3, 0.4) is 0 Å². The summed E-state index contributed by atoms with van der Waals surface area (Å²) in [7, 11) is 2.08. The molecule has 1 aliphatic carbocycles. The predicted molar refractivity (Wildman–Crippen MR) is 87.8 cm³/mol. The Bertz CT molecular complexity index is 609. The Kier molecular flexibility index (Phi) is 4.41. The van der Waals surface area contributed by atoms with Gasteiger partial charge in [-0.2, -0.15) is 0 Å². The van der Waals surface area contributed by atoms with Crippen molar-refractivity contribution in [2.24, 2.45) is 11.7 Å². The van der Waals surface area contributed by atoms with Crippen LogP contribution >= 0.6 is 22.9 Å². The summed E-state index contributed by atoms with van der Waals surface area (Å²) >= 11 is 7.60. The molecule has 0 aliphatic heterocycles. The number of nitrogens with zero attached hydrogens (tertiary/aromatic N) is 1. The number of hydrogen-bond acceptors (Lipinski definition) is 4. The first-order valence-electron chi connectivity index (χ1n) is 7.32. The molecular weight excluding hydrogens is 304 g/mol. The van der Waals surface area contributed by atoms with Crippen molar-refractivity contribution in [3.05, 3.63) is 45.0 Å². The summed E-state index contributed by atoms with van der Waals surface area (Å²) in [5.41, 5.74) is 5.97. The molecule has 2 heterocycles. The van der Waals surface area contributed by atoms with Gasteiger partial charge in [-0.15, -0.1) is 11.3 Å². The molecule has 0 amide bonds. The second-order valence-electron chi connectivity index (χ2n) is 5.93. The van der Waals surface area contributed by atoms with Crippen LogP contribution in [0.15, 0.2) is 28.7 Å². The van der Waals surface area contributed by atoms with Gasteiger partial charge in [0.15, 0.2) is 0 Å². The second kappa shape index (κ2) is 6.13. The smallest absolute Gasteiger partial charge is 0.122 e. The van der Waals surface area contributed by atoms with Crippen molar-refractivity contribution in [3.8, 4) is 0 Å². The first-order valence-corrected chi connectivity index (χ1v) is 8.52. The summed E-state index contributed by atoms with van der Waals surface area (Å²) in [5.74, 6) is 3.45. The van der Waals surface area contributed by atoms with E-state index in [1.54, 1.807) is 11.3 Å². The van der Waals surface area contributed by atoms with Gasteiger partial charge < -0.3 is 10.2 Å². The van der Waals surface area contributed by atoms with Gasteiger partial charge in [-0.1, -0.05) is 18.5 Å². The van der Waals surface area contributed by atoms with Crippen LogP contribution in [-0.4, -0.2) is 18.5 Å². The molecule has 1 saturated carbocycles. The highest BCUT2D eigenvalue weighted by Gasteiger charge is 2.37. The molecule has 0 aromatic carbocycles. The van der Waals surface area contributed by atoms with E-state index in [-0.39, 0.29) is 6.04 Å². The zero-order chi connectivity index (χ0) is 15.0. The lowest BCUT2D eigenvalue weighted by atomic mass is 10.2. The third-order valence-electron chi connectivity index (χ3n) is 4.24. The normalized spacial score (nSPS) is 22.7. The van der Waals surface area contributed by atoms with Crippen LogP contribution in [0, 0.1) is 5.92 Å². The lowest BCUT2D eigenvalue weighted by molar-refractivity contribution is 0.211. The maximum absolute atomic E-state index is 6.05. The molecule has 0 saturated heterocycles. The summed E-state index contributed by atoms with van der Waals surface area (Å²) < 4.78 is 6.88. The van der Waals surface area contributed by atoms with Crippen LogP contribution in [0.5, 0.6) is 0 Å². The van der Waals surface area contributed by atoms with E-state index >= 15 is 0 Å². The maximum Gasteiger partial charge on any atom is 0.122 e. The molecule has 114 valence electrons. The average Bonchev–Trinajstić information content (AvgIpc) is 2.85. The van der Waals surface area contributed by atoms with Gasteiger partial charge in [-0.05, 0) is 43.7 Å². The van der Waals surface area contributed by atoms with Gasteiger partial charge in [-0.3, -0.25) is 4.90 Å². The fourth-order valence-corrected chi connectivity index (χ4v) is 3.92. The fraction of sp³-hybridized carbons (Fsp3) is 0.500. The molecule has 2 aromatic rings. The molecule has 0 radical (unpaired) electrons. The van der Waals surface area contributed by atoms with E-state index in [9.17, 15) is 0 Å². The Morgan fingerprint density at radius 3 is 2.76 bits per heavy atom. The van der Waals surface area contributed by atoms with Gasteiger partial charge in [-0.25, -0.2) is 0 Å². The molecule has 5 heteroatoms. The van der Waals surface area contributed by atoms with Gasteiger partial charge in [0.05, 0.1) is 10.4 Å². The molecule has 3 nitrogen and oxygen atoms in total. The van der Waals surface area contributed by atoms with Crippen molar-refractivity contribution in [3.63, 3.8) is 0 Å². The lowest BCUT2D eigenvalue weighted by Crippen LogP contribution is -2.29.